The van der Waals surface area contributed by atoms with Gasteiger partial charge in [0.05, 0.1) is 12.5 Å². The number of rotatable bonds is 6. The van der Waals surface area contributed by atoms with E-state index in [1.54, 1.807) is 24.3 Å². The van der Waals surface area contributed by atoms with Gasteiger partial charge in [-0.1, -0.05) is 24.3 Å². The fourth-order valence-corrected chi connectivity index (χ4v) is 4.58. The lowest BCUT2D eigenvalue weighted by molar-refractivity contribution is -0.129. The summed E-state index contributed by atoms with van der Waals surface area (Å²) >= 11 is 0. The first-order chi connectivity index (χ1) is 15.4. The van der Waals surface area contributed by atoms with Crippen molar-refractivity contribution in [2.45, 2.75) is 45.4 Å². The topological polar surface area (TPSA) is 84.5 Å². The lowest BCUT2D eigenvalue weighted by Crippen LogP contribution is -2.41. The predicted molar refractivity (Wildman–Crippen MR) is 122 cm³/mol. The minimum absolute atomic E-state index is 0.0321. The second-order valence-corrected chi connectivity index (χ2v) is 8.44. The molecule has 2 N–H and O–H groups in total. The van der Waals surface area contributed by atoms with Crippen molar-refractivity contribution in [2.24, 2.45) is 5.92 Å². The molecule has 2 atom stereocenters. The number of amides is 2. The molecule has 0 aromatic heterocycles. The number of Topliss-reactive ketones (excluding diaryl/α,β-unsaturated/α-hetero) is 1. The normalized spacial score (nSPS) is 20.4. The van der Waals surface area contributed by atoms with Crippen molar-refractivity contribution in [2.75, 3.05) is 11.9 Å². The van der Waals surface area contributed by atoms with Crippen LogP contribution in [0.4, 0.5) is 5.69 Å². The van der Waals surface area contributed by atoms with Gasteiger partial charge in [0.15, 0.2) is 5.78 Å². The molecule has 0 radical (unpaired) electrons. The number of anilines is 1. The minimum atomic E-state index is -0.546. The molecule has 1 heterocycles. The van der Waals surface area contributed by atoms with E-state index in [1.165, 1.54) is 0 Å². The third-order valence-electron chi connectivity index (χ3n) is 6.19. The van der Waals surface area contributed by atoms with Gasteiger partial charge in [0.25, 0.3) is 0 Å². The maximum Gasteiger partial charge on any atom is 0.228 e. The molecule has 2 aromatic rings. The monoisotopic (exact) mass is 432 g/mol. The summed E-state index contributed by atoms with van der Waals surface area (Å²) in [6, 6.07) is 15.2. The molecule has 1 aliphatic carbocycles. The Morgan fingerprint density at radius 3 is 2.53 bits per heavy atom. The van der Waals surface area contributed by atoms with Crippen molar-refractivity contribution in [1.82, 2.24) is 5.32 Å². The SMILES string of the molecule is CCOc1ccc(NC(=O)C[C@H]2CC3=C(C[C@@H](c4ccccc4C)CC3=O)NC2=O)cc1. The number of nitrogens with one attached hydrogen (secondary N) is 2. The summed E-state index contributed by atoms with van der Waals surface area (Å²) < 4.78 is 5.40. The van der Waals surface area contributed by atoms with Crippen molar-refractivity contribution in [1.29, 1.82) is 0 Å². The van der Waals surface area contributed by atoms with Gasteiger partial charge >= 0.3 is 0 Å². The summed E-state index contributed by atoms with van der Waals surface area (Å²) in [5.41, 5.74) is 4.35. The van der Waals surface area contributed by atoms with E-state index in [0.717, 1.165) is 22.6 Å². The number of ketones is 1. The third kappa shape index (κ3) is 4.74. The van der Waals surface area contributed by atoms with E-state index in [0.29, 0.717) is 37.1 Å². The Labute approximate surface area is 188 Å². The number of hydrogen-bond donors (Lipinski definition) is 2. The van der Waals surface area contributed by atoms with Gasteiger partial charge in [-0.3, -0.25) is 14.4 Å². The Morgan fingerprint density at radius 1 is 1.06 bits per heavy atom. The second-order valence-electron chi connectivity index (χ2n) is 8.44. The molecular formula is C26H28N2O4. The number of allylic oxidation sites excluding steroid dienone is 2. The first-order valence-electron chi connectivity index (χ1n) is 11.1. The number of benzene rings is 2. The summed E-state index contributed by atoms with van der Waals surface area (Å²) in [6.07, 6.45) is 1.43. The zero-order valence-corrected chi connectivity index (χ0v) is 18.4. The average Bonchev–Trinajstić information content (AvgIpc) is 2.76. The van der Waals surface area contributed by atoms with Gasteiger partial charge in [-0.15, -0.1) is 0 Å². The standard InChI is InChI=1S/C26H28N2O4/c1-3-32-20-10-8-19(9-11-20)27-25(30)15-18-12-22-23(28-26(18)31)13-17(14-24(22)29)21-7-5-4-6-16(21)2/h4-11,17-18H,3,12-15H2,1-2H3,(H,27,30)(H,28,31)/t17-,18-/m1/s1. The van der Waals surface area contributed by atoms with Gasteiger partial charge in [-0.05, 0) is 68.0 Å². The van der Waals surface area contributed by atoms with E-state index < -0.39 is 5.92 Å². The maximum atomic E-state index is 12.9. The van der Waals surface area contributed by atoms with Gasteiger partial charge in [0, 0.05) is 29.8 Å². The highest BCUT2D eigenvalue weighted by atomic mass is 16.5. The fourth-order valence-electron chi connectivity index (χ4n) is 4.58. The van der Waals surface area contributed by atoms with E-state index in [4.69, 9.17) is 4.74 Å². The number of ether oxygens (including phenoxy) is 1. The smallest absolute Gasteiger partial charge is 0.228 e. The van der Waals surface area contributed by atoms with Crippen molar-refractivity contribution in [3.63, 3.8) is 0 Å². The lowest BCUT2D eigenvalue weighted by atomic mass is 9.76. The zero-order valence-electron chi connectivity index (χ0n) is 18.4. The number of aryl methyl sites for hydroxylation is 1. The molecule has 6 nitrogen and oxygen atoms in total. The van der Waals surface area contributed by atoms with Gasteiger partial charge in [-0.25, -0.2) is 0 Å². The van der Waals surface area contributed by atoms with E-state index in [9.17, 15) is 14.4 Å². The minimum Gasteiger partial charge on any atom is -0.494 e. The van der Waals surface area contributed by atoms with E-state index in [2.05, 4.69) is 16.7 Å². The largest absolute Gasteiger partial charge is 0.494 e. The van der Waals surface area contributed by atoms with Crippen LogP contribution in [0.1, 0.15) is 49.7 Å². The number of hydrogen-bond acceptors (Lipinski definition) is 4. The number of carbonyl (C=O) groups is 3. The van der Waals surface area contributed by atoms with E-state index in [-0.39, 0.29) is 29.9 Å². The molecule has 2 aromatic carbocycles. The molecule has 0 spiro atoms. The van der Waals surface area contributed by atoms with Crippen LogP contribution in [0.15, 0.2) is 59.8 Å². The molecule has 0 bridgehead atoms. The quantitative estimate of drug-likeness (QED) is 0.714. The Kier molecular flexibility index (Phi) is 6.40. The van der Waals surface area contributed by atoms with Gasteiger partial charge in [-0.2, -0.15) is 0 Å². The van der Waals surface area contributed by atoms with E-state index >= 15 is 0 Å². The molecule has 4 rings (SSSR count). The second kappa shape index (κ2) is 9.39. The Morgan fingerprint density at radius 2 is 1.81 bits per heavy atom. The number of carbonyl (C=O) groups excluding carboxylic acids is 3. The molecule has 1 aliphatic heterocycles. The lowest BCUT2D eigenvalue weighted by Gasteiger charge is -2.33. The van der Waals surface area contributed by atoms with Crippen LogP contribution >= 0.6 is 0 Å². The Balaban J connectivity index is 1.41. The van der Waals surface area contributed by atoms with Crippen LogP contribution in [0.25, 0.3) is 0 Å². The highest BCUT2D eigenvalue weighted by molar-refractivity contribution is 6.02. The molecule has 6 heteroatoms. The van der Waals surface area contributed by atoms with Crippen LogP contribution in [0, 0.1) is 12.8 Å². The molecular weight excluding hydrogens is 404 g/mol. The van der Waals surface area contributed by atoms with Crippen LogP contribution in [-0.2, 0) is 14.4 Å². The summed E-state index contributed by atoms with van der Waals surface area (Å²) in [5, 5.41) is 5.75. The van der Waals surface area contributed by atoms with Crippen molar-refractivity contribution in [3.8, 4) is 5.75 Å². The highest BCUT2D eigenvalue weighted by Gasteiger charge is 2.37. The third-order valence-corrected chi connectivity index (χ3v) is 6.19. The predicted octanol–water partition coefficient (Wildman–Crippen LogP) is 4.26. The van der Waals surface area contributed by atoms with Crippen LogP contribution in [0.5, 0.6) is 5.75 Å². The maximum absolute atomic E-state index is 12.9. The van der Waals surface area contributed by atoms with Crippen LogP contribution in [0.3, 0.4) is 0 Å². The molecule has 2 amide bonds. The molecule has 32 heavy (non-hydrogen) atoms. The summed E-state index contributed by atoms with van der Waals surface area (Å²) in [6.45, 7) is 4.53. The molecule has 0 saturated heterocycles. The van der Waals surface area contributed by atoms with E-state index in [1.807, 2.05) is 32.0 Å². The summed E-state index contributed by atoms with van der Waals surface area (Å²) in [4.78, 5) is 38.2. The Bertz CT molecular complexity index is 1070. The molecule has 0 fully saturated rings. The summed E-state index contributed by atoms with van der Waals surface area (Å²) in [5.74, 6) is -0.117. The molecule has 0 saturated carbocycles. The highest BCUT2D eigenvalue weighted by Crippen LogP contribution is 2.39. The van der Waals surface area contributed by atoms with Crippen LogP contribution in [-0.4, -0.2) is 24.2 Å². The first-order valence-corrected chi connectivity index (χ1v) is 11.1. The van der Waals surface area contributed by atoms with Crippen molar-refractivity contribution < 1.29 is 19.1 Å². The first kappa shape index (κ1) is 21.8. The average molecular weight is 433 g/mol. The van der Waals surface area contributed by atoms with Gasteiger partial charge < -0.3 is 15.4 Å². The van der Waals surface area contributed by atoms with Gasteiger partial charge in [0.1, 0.15) is 5.75 Å². The summed E-state index contributed by atoms with van der Waals surface area (Å²) in [7, 11) is 0. The fraction of sp³-hybridized carbons (Fsp3) is 0.346. The Hall–Kier alpha value is -3.41. The van der Waals surface area contributed by atoms with Gasteiger partial charge in [0.2, 0.25) is 11.8 Å². The molecule has 0 unspecified atom stereocenters. The van der Waals surface area contributed by atoms with Crippen molar-refractivity contribution in [3.05, 3.63) is 70.9 Å². The van der Waals surface area contributed by atoms with Crippen molar-refractivity contribution >= 4 is 23.3 Å². The molecule has 166 valence electrons. The van der Waals surface area contributed by atoms with Crippen LogP contribution < -0.4 is 15.4 Å². The molecule has 2 aliphatic rings. The zero-order chi connectivity index (χ0) is 22.7. The van der Waals surface area contributed by atoms with Crippen LogP contribution in [0.2, 0.25) is 0 Å².